The summed E-state index contributed by atoms with van der Waals surface area (Å²) in [5.74, 6) is 2.08. The summed E-state index contributed by atoms with van der Waals surface area (Å²) in [6, 6.07) is 16.5. The van der Waals surface area contributed by atoms with Crippen LogP contribution >= 0.6 is 0 Å². The van der Waals surface area contributed by atoms with Crippen LogP contribution in [0.5, 0.6) is 17.4 Å². The Balaban J connectivity index is 1.28. The van der Waals surface area contributed by atoms with Crippen molar-refractivity contribution in [3.05, 3.63) is 66.0 Å². The molecule has 1 amide bonds. The summed E-state index contributed by atoms with van der Waals surface area (Å²) in [4.78, 5) is 24.5. The average Bonchev–Trinajstić information content (AvgIpc) is 3.60. The van der Waals surface area contributed by atoms with Gasteiger partial charge >= 0.3 is 0 Å². The smallest absolute Gasteiger partial charge is 0.241 e. The monoisotopic (exact) mass is 526 g/mol. The molecular weight excluding hydrogens is 492 g/mol. The van der Waals surface area contributed by atoms with E-state index in [0.717, 1.165) is 40.7 Å². The first-order valence-corrected chi connectivity index (χ1v) is 13.5. The third-order valence-electron chi connectivity index (χ3n) is 7.84. The van der Waals surface area contributed by atoms with E-state index in [2.05, 4.69) is 35.8 Å². The maximum Gasteiger partial charge on any atom is 0.241 e. The van der Waals surface area contributed by atoms with Gasteiger partial charge in [-0.1, -0.05) is 29.8 Å². The Morgan fingerprint density at radius 3 is 2.51 bits per heavy atom. The van der Waals surface area contributed by atoms with Crippen LogP contribution in [0.15, 0.2) is 54.9 Å². The van der Waals surface area contributed by atoms with E-state index in [4.69, 9.17) is 24.2 Å². The molecule has 8 nitrogen and oxygen atoms in total. The van der Waals surface area contributed by atoms with E-state index in [1.54, 1.807) is 14.2 Å². The minimum atomic E-state index is -0.198. The molecule has 1 saturated heterocycles. The quantitative estimate of drug-likeness (QED) is 0.284. The van der Waals surface area contributed by atoms with Crippen LogP contribution in [-0.2, 0) is 11.3 Å². The SMILES string of the molecule is COc1ccc(-c2cc3ncn(C4CC4)c3c(OC(C)C3CC(=O)N(Cc4ccc(C)cc4)C3)n2)cc1OC. The summed E-state index contributed by atoms with van der Waals surface area (Å²) in [5.41, 5.74) is 5.73. The van der Waals surface area contributed by atoms with Crippen LogP contribution in [0.4, 0.5) is 0 Å². The molecule has 8 heteroatoms. The number of hydrogen-bond donors (Lipinski definition) is 0. The molecule has 0 spiro atoms. The number of carbonyl (C=O) groups is 1. The first kappa shape index (κ1) is 25.2. The molecule has 4 aromatic rings. The van der Waals surface area contributed by atoms with Gasteiger partial charge in [0.15, 0.2) is 11.5 Å². The molecule has 0 N–H and O–H groups in total. The lowest BCUT2D eigenvalue weighted by atomic mass is 10.0. The number of amides is 1. The molecule has 2 unspecified atom stereocenters. The van der Waals surface area contributed by atoms with Crippen molar-refractivity contribution >= 4 is 16.9 Å². The van der Waals surface area contributed by atoms with Crippen LogP contribution in [0.25, 0.3) is 22.3 Å². The lowest BCUT2D eigenvalue weighted by Gasteiger charge is -2.22. The highest BCUT2D eigenvalue weighted by Crippen LogP contribution is 2.41. The molecule has 0 bridgehead atoms. The summed E-state index contributed by atoms with van der Waals surface area (Å²) in [6.07, 6.45) is 4.41. The van der Waals surface area contributed by atoms with Crippen LogP contribution < -0.4 is 14.2 Å². The Hall–Kier alpha value is -4.07. The van der Waals surface area contributed by atoms with Gasteiger partial charge in [0.2, 0.25) is 11.8 Å². The molecule has 1 saturated carbocycles. The minimum absolute atomic E-state index is 0.0711. The van der Waals surface area contributed by atoms with Crippen LogP contribution in [-0.4, -0.2) is 52.2 Å². The number of methoxy groups -OCH3 is 2. The summed E-state index contributed by atoms with van der Waals surface area (Å²) in [5, 5.41) is 0. The summed E-state index contributed by atoms with van der Waals surface area (Å²) >= 11 is 0. The van der Waals surface area contributed by atoms with E-state index >= 15 is 0 Å². The molecule has 202 valence electrons. The van der Waals surface area contributed by atoms with E-state index in [-0.39, 0.29) is 17.9 Å². The zero-order valence-electron chi connectivity index (χ0n) is 22.9. The van der Waals surface area contributed by atoms with E-state index < -0.39 is 0 Å². The molecule has 1 aliphatic carbocycles. The third kappa shape index (κ3) is 5.03. The second-order valence-electron chi connectivity index (χ2n) is 10.7. The predicted molar refractivity (Wildman–Crippen MR) is 149 cm³/mol. The first-order valence-electron chi connectivity index (χ1n) is 13.5. The topological polar surface area (TPSA) is 78.7 Å². The number of fused-ring (bicyclic) bond motifs is 1. The number of imidazole rings is 1. The highest BCUT2D eigenvalue weighted by molar-refractivity contribution is 5.85. The number of aromatic nitrogens is 3. The number of pyridine rings is 1. The van der Waals surface area contributed by atoms with Crippen molar-refractivity contribution in [3.63, 3.8) is 0 Å². The standard InChI is InChI=1S/C31H34N4O4/c1-19-5-7-21(8-6-19)16-34-17-23(14-29(34)36)20(2)39-31-30-26(32-18-35(30)24-10-11-24)15-25(33-31)22-9-12-27(37-3)28(13-22)38-4/h5-9,12-13,15,18,20,23-24H,10-11,14,16-17H2,1-4H3. The Morgan fingerprint density at radius 2 is 1.79 bits per heavy atom. The Bertz CT molecular complexity index is 1510. The summed E-state index contributed by atoms with van der Waals surface area (Å²) in [6.45, 7) is 5.39. The van der Waals surface area contributed by atoms with Crippen molar-refractivity contribution in [2.75, 3.05) is 20.8 Å². The molecule has 6 rings (SSSR count). The van der Waals surface area contributed by atoms with Crippen LogP contribution in [0.2, 0.25) is 0 Å². The molecule has 0 radical (unpaired) electrons. The van der Waals surface area contributed by atoms with Gasteiger partial charge in [0, 0.05) is 37.0 Å². The number of benzene rings is 2. The largest absolute Gasteiger partial charge is 0.493 e. The van der Waals surface area contributed by atoms with Gasteiger partial charge in [-0.3, -0.25) is 4.79 Å². The molecule has 2 fully saturated rings. The van der Waals surface area contributed by atoms with Crippen molar-refractivity contribution in [3.8, 4) is 28.6 Å². The Labute approximate surface area is 228 Å². The number of ether oxygens (including phenoxy) is 3. The van der Waals surface area contributed by atoms with E-state index in [1.807, 2.05) is 42.4 Å². The van der Waals surface area contributed by atoms with E-state index in [0.29, 0.717) is 42.9 Å². The highest BCUT2D eigenvalue weighted by Gasteiger charge is 2.35. The van der Waals surface area contributed by atoms with Gasteiger partial charge in [-0.15, -0.1) is 0 Å². The van der Waals surface area contributed by atoms with Crippen molar-refractivity contribution in [1.82, 2.24) is 19.4 Å². The first-order chi connectivity index (χ1) is 18.9. The van der Waals surface area contributed by atoms with Gasteiger partial charge < -0.3 is 23.7 Å². The van der Waals surface area contributed by atoms with Gasteiger partial charge in [0.1, 0.15) is 11.6 Å². The fourth-order valence-corrected chi connectivity index (χ4v) is 5.34. The fraction of sp³-hybridized carbons (Fsp3) is 0.387. The second kappa shape index (κ2) is 10.2. The molecule has 3 heterocycles. The van der Waals surface area contributed by atoms with Gasteiger partial charge in [0.25, 0.3) is 0 Å². The van der Waals surface area contributed by atoms with Crippen LogP contribution in [0, 0.1) is 12.8 Å². The number of likely N-dealkylation sites (tertiary alicyclic amines) is 1. The van der Waals surface area contributed by atoms with Gasteiger partial charge in [-0.2, -0.15) is 0 Å². The van der Waals surface area contributed by atoms with Crippen molar-refractivity contribution in [2.24, 2.45) is 5.92 Å². The Morgan fingerprint density at radius 1 is 1.03 bits per heavy atom. The molecule has 2 atom stereocenters. The number of hydrogen-bond acceptors (Lipinski definition) is 6. The molecule has 2 aromatic carbocycles. The maximum absolute atomic E-state index is 12.9. The second-order valence-corrected chi connectivity index (χ2v) is 10.7. The zero-order valence-corrected chi connectivity index (χ0v) is 22.9. The minimum Gasteiger partial charge on any atom is -0.493 e. The average molecular weight is 527 g/mol. The summed E-state index contributed by atoms with van der Waals surface area (Å²) < 4.78 is 19.7. The van der Waals surface area contributed by atoms with Crippen molar-refractivity contribution in [2.45, 2.75) is 51.8 Å². The van der Waals surface area contributed by atoms with Gasteiger partial charge in [-0.25, -0.2) is 9.97 Å². The lowest BCUT2D eigenvalue weighted by Crippen LogP contribution is -2.29. The molecular formula is C31H34N4O4. The van der Waals surface area contributed by atoms with E-state index in [9.17, 15) is 4.79 Å². The van der Waals surface area contributed by atoms with Gasteiger partial charge in [-0.05, 0) is 56.5 Å². The fourth-order valence-electron chi connectivity index (χ4n) is 5.34. The van der Waals surface area contributed by atoms with Crippen LogP contribution in [0.3, 0.4) is 0 Å². The number of nitrogens with zero attached hydrogens (tertiary/aromatic N) is 4. The lowest BCUT2D eigenvalue weighted by molar-refractivity contribution is -0.128. The highest BCUT2D eigenvalue weighted by atomic mass is 16.5. The normalized spacial score (nSPS) is 18.0. The molecule has 2 aliphatic rings. The predicted octanol–water partition coefficient (Wildman–Crippen LogP) is 5.57. The maximum atomic E-state index is 12.9. The third-order valence-corrected chi connectivity index (χ3v) is 7.84. The number of aryl methyl sites for hydroxylation is 1. The molecule has 39 heavy (non-hydrogen) atoms. The van der Waals surface area contributed by atoms with Gasteiger partial charge in [0.05, 0.1) is 31.8 Å². The van der Waals surface area contributed by atoms with E-state index in [1.165, 1.54) is 5.56 Å². The Kier molecular flexibility index (Phi) is 6.62. The van der Waals surface area contributed by atoms with Crippen molar-refractivity contribution in [1.29, 1.82) is 0 Å². The summed E-state index contributed by atoms with van der Waals surface area (Å²) in [7, 11) is 3.24. The zero-order chi connectivity index (χ0) is 27.1. The molecule has 2 aromatic heterocycles. The number of carbonyl (C=O) groups excluding carboxylic acids is 1. The van der Waals surface area contributed by atoms with Crippen molar-refractivity contribution < 1.29 is 19.0 Å². The molecule has 1 aliphatic heterocycles. The number of rotatable bonds is 9. The van der Waals surface area contributed by atoms with Crippen LogP contribution in [0.1, 0.15) is 43.4 Å².